The number of benzene rings is 4. The maximum atomic E-state index is 6.46. The van der Waals surface area contributed by atoms with Crippen LogP contribution in [0.4, 0.5) is 11.4 Å². The summed E-state index contributed by atoms with van der Waals surface area (Å²) in [5, 5.41) is 4.43. The van der Waals surface area contributed by atoms with Gasteiger partial charge in [0.1, 0.15) is 0 Å². The smallest absolute Gasteiger partial charge is 0.0474 e. The third-order valence-electron chi connectivity index (χ3n) is 4.22. The quantitative estimate of drug-likeness (QED) is 0.492. The van der Waals surface area contributed by atoms with Crippen LogP contribution in [0.5, 0.6) is 0 Å². The normalized spacial score (nSPS) is 11.1. The Morgan fingerprint density at radius 2 is 1.23 bits per heavy atom. The molecule has 0 saturated heterocycles. The highest BCUT2D eigenvalue weighted by Crippen LogP contribution is 2.37. The minimum atomic E-state index is 0.758. The summed E-state index contributed by atoms with van der Waals surface area (Å²) in [6.45, 7) is 0. The Labute approximate surface area is 129 Å². The molecule has 0 aliphatic carbocycles. The SMILES string of the molecule is Nc1cccc2c(N)c(-c3cccc4ccccc34)ccc12. The second kappa shape index (κ2) is 4.78. The highest BCUT2D eigenvalue weighted by molar-refractivity contribution is 6.08. The average Bonchev–Trinajstić information content (AvgIpc) is 2.56. The van der Waals surface area contributed by atoms with Gasteiger partial charge in [0.15, 0.2) is 0 Å². The molecule has 4 aromatic carbocycles. The van der Waals surface area contributed by atoms with Gasteiger partial charge in [0.05, 0.1) is 0 Å². The first-order chi connectivity index (χ1) is 10.8. The highest BCUT2D eigenvalue weighted by Gasteiger charge is 2.10. The minimum Gasteiger partial charge on any atom is -0.398 e. The average molecular weight is 284 g/mol. The predicted octanol–water partition coefficient (Wildman–Crippen LogP) is 4.82. The van der Waals surface area contributed by atoms with Crippen LogP contribution in [0.25, 0.3) is 32.7 Å². The summed E-state index contributed by atoms with van der Waals surface area (Å²) in [6.07, 6.45) is 0. The van der Waals surface area contributed by atoms with Crippen molar-refractivity contribution in [1.29, 1.82) is 0 Å². The molecule has 0 aromatic heterocycles. The summed E-state index contributed by atoms with van der Waals surface area (Å²) in [7, 11) is 0. The van der Waals surface area contributed by atoms with Gasteiger partial charge in [0, 0.05) is 27.7 Å². The fourth-order valence-electron chi connectivity index (χ4n) is 3.10. The number of nitrogen functional groups attached to an aromatic ring is 2. The Kier molecular flexibility index (Phi) is 2.76. The maximum absolute atomic E-state index is 6.46. The molecule has 0 spiro atoms. The van der Waals surface area contributed by atoms with Gasteiger partial charge in [-0.05, 0) is 22.4 Å². The maximum Gasteiger partial charge on any atom is 0.0474 e. The van der Waals surface area contributed by atoms with Crippen LogP contribution in [-0.4, -0.2) is 0 Å². The summed E-state index contributed by atoms with van der Waals surface area (Å²) < 4.78 is 0. The molecular weight excluding hydrogens is 268 g/mol. The lowest BCUT2D eigenvalue weighted by Crippen LogP contribution is -1.95. The first kappa shape index (κ1) is 12.7. The van der Waals surface area contributed by atoms with Crippen molar-refractivity contribution in [2.24, 2.45) is 0 Å². The van der Waals surface area contributed by atoms with Gasteiger partial charge in [-0.15, -0.1) is 0 Å². The van der Waals surface area contributed by atoms with Crippen LogP contribution in [0.3, 0.4) is 0 Å². The second-order valence-corrected chi connectivity index (χ2v) is 5.50. The molecule has 0 radical (unpaired) electrons. The summed E-state index contributed by atoms with van der Waals surface area (Å²) in [4.78, 5) is 0. The van der Waals surface area contributed by atoms with Crippen LogP contribution in [0.2, 0.25) is 0 Å². The summed E-state index contributed by atoms with van der Waals surface area (Å²) in [5.41, 5.74) is 16.2. The Morgan fingerprint density at radius 3 is 2.14 bits per heavy atom. The lowest BCUT2D eigenvalue weighted by molar-refractivity contribution is 1.66. The van der Waals surface area contributed by atoms with Gasteiger partial charge < -0.3 is 11.5 Å². The van der Waals surface area contributed by atoms with Crippen molar-refractivity contribution < 1.29 is 0 Å². The van der Waals surface area contributed by atoms with Crippen molar-refractivity contribution in [3.05, 3.63) is 72.8 Å². The number of nitrogens with two attached hydrogens (primary N) is 2. The third kappa shape index (κ3) is 1.81. The standard InChI is InChI=1S/C20H16N2/c21-19-10-4-9-17-16(19)11-12-18(20(17)22)15-8-3-6-13-5-1-2-7-14(13)15/h1-12H,21-22H2. The number of anilines is 2. The molecule has 106 valence electrons. The van der Waals surface area contributed by atoms with Gasteiger partial charge in [-0.2, -0.15) is 0 Å². The summed E-state index contributed by atoms with van der Waals surface area (Å²) >= 11 is 0. The van der Waals surface area contributed by atoms with E-state index in [1.54, 1.807) is 0 Å². The summed E-state index contributed by atoms with van der Waals surface area (Å²) in [6, 6.07) is 24.7. The molecule has 22 heavy (non-hydrogen) atoms. The van der Waals surface area contributed by atoms with E-state index in [2.05, 4.69) is 54.6 Å². The predicted molar refractivity (Wildman–Crippen MR) is 95.7 cm³/mol. The van der Waals surface area contributed by atoms with E-state index >= 15 is 0 Å². The monoisotopic (exact) mass is 284 g/mol. The zero-order valence-corrected chi connectivity index (χ0v) is 12.1. The number of hydrogen-bond acceptors (Lipinski definition) is 2. The third-order valence-corrected chi connectivity index (χ3v) is 4.22. The first-order valence-corrected chi connectivity index (χ1v) is 7.30. The van der Waals surface area contributed by atoms with Crippen molar-refractivity contribution in [2.75, 3.05) is 11.5 Å². The van der Waals surface area contributed by atoms with E-state index in [1.165, 1.54) is 10.8 Å². The van der Waals surface area contributed by atoms with Crippen LogP contribution < -0.4 is 11.5 Å². The van der Waals surface area contributed by atoms with E-state index in [-0.39, 0.29) is 0 Å². The second-order valence-electron chi connectivity index (χ2n) is 5.50. The van der Waals surface area contributed by atoms with Gasteiger partial charge in [-0.3, -0.25) is 0 Å². The van der Waals surface area contributed by atoms with Crippen LogP contribution in [0, 0.1) is 0 Å². The minimum absolute atomic E-state index is 0.758. The lowest BCUT2D eigenvalue weighted by atomic mass is 9.94. The zero-order chi connectivity index (χ0) is 15.1. The van der Waals surface area contributed by atoms with Crippen molar-refractivity contribution in [3.8, 4) is 11.1 Å². The van der Waals surface area contributed by atoms with Crippen LogP contribution in [0.1, 0.15) is 0 Å². The molecule has 4 aromatic rings. The zero-order valence-electron chi connectivity index (χ0n) is 12.1. The van der Waals surface area contributed by atoms with E-state index in [0.29, 0.717) is 0 Å². The van der Waals surface area contributed by atoms with Gasteiger partial charge in [0.25, 0.3) is 0 Å². The molecule has 0 aliphatic heterocycles. The van der Waals surface area contributed by atoms with E-state index < -0.39 is 0 Å². The number of fused-ring (bicyclic) bond motifs is 2. The first-order valence-electron chi connectivity index (χ1n) is 7.30. The molecule has 0 atom stereocenters. The Bertz CT molecular complexity index is 998. The Balaban J connectivity index is 2.07. The largest absolute Gasteiger partial charge is 0.398 e. The molecule has 0 unspecified atom stereocenters. The van der Waals surface area contributed by atoms with Crippen molar-refractivity contribution in [1.82, 2.24) is 0 Å². The molecule has 2 heteroatoms. The molecule has 0 saturated carbocycles. The van der Waals surface area contributed by atoms with Crippen LogP contribution >= 0.6 is 0 Å². The Morgan fingerprint density at radius 1 is 0.500 bits per heavy atom. The molecule has 4 rings (SSSR count). The highest BCUT2D eigenvalue weighted by atomic mass is 14.6. The van der Waals surface area contributed by atoms with Crippen molar-refractivity contribution in [2.45, 2.75) is 0 Å². The number of hydrogen-bond donors (Lipinski definition) is 2. The van der Waals surface area contributed by atoms with E-state index in [4.69, 9.17) is 11.5 Å². The van der Waals surface area contributed by atoms with Gasteiger partial charge in [-0.25, -0.2) is 0 Å². The fourth-order valence-corrected chi connectivity index (χ4v) is 3.10. The van der Waals surface area contributed by atoms with E-state index in [1.807, 2.05) is 18.2 Å². The number of rotatable bonds is 1. The molecule has 0 aliphatic rings. The Hall–Kier alpha value is -3.00. The molecule has 0 amide bonds. The summed E-state index contributed by atoms with van der Waals surface area (Å²) in [5.74, 6) is 0. The van der Waals surface area contributed by atoms with E-state index in [0.717, 1.165) is 33.3 Å². The van der Waals surface area contributed by atoms with Gasteiger partial charge in [0.2, 0.25) is 0 Å². The molecule has 0 bridgehead atoms. The fraction of sp³-hybridized carbons (Fsp3) is 0. The van der Waals surface area contributed by atoms with Crippen molar-refractivity contribution in [3.63, 3.8) is 0 Å². The van der Waals surface area contributed by atoms with E-state index in [9.17, 15) is 0 Å². The molecule has 2 nitrogen and oxygen atoms in total. The molecule has 0 fully saturated rings. The van der Waals surface area contributed by atoms with Crippen LogP contribution in [0.15, 0.2) is 72.8 Å². The van der Waals surface area contributed by atoms with Gasteiger partial charge in [-0.1, -0.05) is 66.7 Å². The molecule has 0 heterocycles. The van der Waals surface area contributed by atoms with Crippen molar-refractivity contribution >= 4 is 32.9 Å². The van der Waals surface area contributed by atoms with Gasteiger partial charge >= 0.3 is 0 Å². The molecule has 4 N–H and O–H groups in total. The topological polar surface area (TPSA) is 52.0 Å². The molecular formula is C20H16N2. The van der Waals surface area contributed by atoms with Crippen LogP contribution in [-0.2, 0) is 0 Å². The lowest BCUT2D eigenvalue weighted by Gasteiger charge is -2.13.